The van der Waals surface area contributed by atoms with E-state index in [1.54, 1.807) is 17.3 Å². The summed E-state index contributed by atoms with van der Waals surface area (Å²) < 4.78 is 27.1. The first-order chi connectivity index (χ1) is 15.7. The second-order valence-electron chi connectivity index (χ2n) is 8.80. The Hall–Kier alpha value is -3.69. The third kappa shape index (κ3) is 5.57. The Bertz CT molecular complexity index is 1120. The van der Waals surface area contributed by atoms with Gasteiger partial charge in [0.2, 0.25) is 5.95 Å². The lowest BCUT2D eigenvalue weighted by Crippen LogP contribution is -2.57. The van der Waals surface area contributed by atoms with Crippen LogP contribution in [0.5, 0.6) is 5.75 Å². The summed E-state index contributed by atoms with van der Waals surface area (Å²) in [6.45, 7) is 8.49. The molecule has 9 nitrogen and oxygen atoms in total. The molecule has 1 fully saturated rings. The van der Waals surface area contributed by atoms with E-state index in [9.17, 15) is 9.18 Å². The number of hydrogen-bond donors (Lipinski definition) is 1. The van der Waals surface area contributed by atoms with Crippen molar-refractivity contribution in [2.24, 2.45) is 0 Å². The van der Waals surface area contributed by atoms with Gasteiger partial charge in [0, 0.05) is 24.1 Å². The van der Waals surface area contributed by atoms with Crippen LogP contribution in [0.15, 0.2) is 43.1 Å². The van der Waals surface area contributed by atoms with Gasteiger partial charge in [0.15, 0.2) is 11.6 Å². The molecular weight excluding hydrogens is 427 g/mol. The number of halogens is 1. The third-order valence-corrected chi connectivity index (χ3v) is 4.91. The van der Waals surface area contributed by atoms with Crippen LogP contribution in [-0.2, 0) is 11.2 Å². The number of ether oxygens (including phenoxy) is 2. The van der Waals surface area contributed by atoms with Crippen molar-refractivity contribution in [3.8, 4) is 11.6 Å². The number of rotatable bonds is 6. The zero-order valence-corrected chi connectivity index (χ0v) is 19.1. The van der Waals surface area contributed by atoms with Crippen LogP contribution in [0, 0.1) is 5.82 Å². The summed E-state index contributed by atoms with van der Waals surface area (Å²) in [5.74, 6) is 0.468. The minimum atomic E-state index is -0.551. The molecule has 1 aliphatic rings. The maximum Gasteiger partial charge on any atom is 0.410 e. The summed E-state index contributed by atoms with van der Waals surface area (Å²) in [6.07, 6.45) is 6.08. The average Bonchev–Trinajstić information content (AvgIpc) is 3.25. The van der Waals surface area contributed by atoms with Crippen molar-refractivity contribution in [2.75, 3.05) is 18.4 Å². The molecule has 2 aromatic heterocycles. The zero-order chi connectivity index (χ0) is 23.6. The van der Waals surface area contributed by atoms with Crippen LogP contribution in [-0.4, -0.2) is 55.3 Å². The predicted molar refractivity (Wildman–Crippen MR) is 120 cm³/mol. The Morgan fingerprint density at radius 3 is 2.73 bits per heavy atom. The van der Waals surface area contributed by atoms with Crippen molar-refractivity contribution in [3.05, 3.63) is 54.5 Å². The highest BCUT2D eigenvalue weighted by Gasteiger charge is 2.35. The van der Waals surface area contributed by atoms with Crippen molar-refractivity contribution < 1.29 is 18.7 Å². The zero-order valence-electron chi connectivity index (χ0n) is 19.1. The van der Waals surface area contributed by atoms with Gasteiger partial charge in [-0.3, -0.25) is 4.57 Å². The lowest BCUT2D eigenvalue weighted by atomic mass is 10.1. The average molecular weight is 455 g/mol. The third-order valence-electron chi connectivity index (χ3n) is 4.91. The lowest BCUT2D eigenvalue weighted by molar-refractivity contribution is -0.0221. The molecule has 0 bridgehead atoms. The van der Waals surface area contributed by atoms with Crippen LogP contribution in [0.1, 0.15) is 33.3 Å². The Morgan fingerprint density at radius 1 is 1.27 bits per heavy atom. The molecule has 174 valence electrons. The first kappa shape index (κ1) is 22.5. The van der Waals surface area contributed by atoms with Crippen molar-refractivity contribution >= 4 is 17.7 Å². The number of benzene rings is 1. The van der Waals surface area contributed by atoms with Gasteiger partial charge in [-0.25, -0.2) is 19.2 Å². The minimum Gasteiger partial charge on any atom is -0.487 e. The van der Waals surface area contributed by atoms with Gasteiger partial charge in [0.1, 0.15) is 23.8 Å². The maximum atomic E-state index is 14.2. The fraction of sp³-hybridized carbons (Fsp3) is 0.391. The van der Waals surface area contributed by atoms with E-state index in [0.29, 0.717) is 18.8 Å². The molecule has 1 aromatic carbocycles. The molecule has 1 aliphatic heterocycles. The number of hydrogen-bond acceptors (Lipinski definition) is 7. The molecule has 1 amide bonds. The highest BCUT2D eigenvalue weighted by molar-refractivity contribution is 5.69. The molecule has 1 saturated heterocycles. The van der Waals surface area contributed by atoms with Crippen molar-refractivity contribution in [1.82, 2.24) is 24.4 Å². The van der Waals surface area contributed by atoms with Crippen LogP contribution < -0.4 is 10.1 Å². The molecule has 3 aromatic rings. The largest absolute Gasteiger partial charge is 0.487 e. The number of imidazole rings is 1. The molecule has 1 N–H and O–H groups in total. The molecule has 3 heterocycles. The first-order valence-electron chi connectivity index (χ1n) is 10.8. The van der Waals surface area contributed by atoms with Gasteiger partial charge in [-0.1, -0.05) is 6.92 Å². The number of carbonyl (C=O) groups is 1. The fourth-order valence-electron chi connectivity index (χ4n) is 3.30. The number of amides is 1. The number of nitrogens with one attached hydrogen (secondary N) is 1. The van der Waals surface area contributed by atoms with E-state index in [1.165, 1.54) is 10.9 Å². The van der Waals surface area contributed by atoms with Gasteiger partial charge in [0.25, 0.3) is 0 Å². The summed E-state index contributed by atoms with van der Waals surface area (Å²) >= 11 is 0. The number of nitrogens with zero attached hydrogens (tertiary/aromatic N) is 5. The summed E-state index contributed by atoms with van der Waals surface area (Å²) in [4.78, 5) is 26.0. The van der Waals surface area contributed by atoms with E-state index in [0.717, 1.165) is 23.9 Å². The number of carbonyl (C=O) groups excluding carboxylic acids is 1. The molecule has 0 aliphatic carbocycles. The number of aryl methyl sites for hydroxylation is 1. The molecule has 10 heteroatoms. The summed E-state index contributed by atoms with van der Waals surface area (Å²) in [5, 5.41) is 3.12. The molecule has 0 radical (unpaired) electrons. The topological polar surface area (TPSA) is 94.4 Å². The van der Waals surface area contributed by atoms with Crippen LogP contribution in [0.2, 0.25) is 0 Å². The van der Waals surface area contributed by atoms with Gasteiger partial charge in [0.05, 0.1) is 19.3 Å². The van der Waals surface area contributed by atoms with Gasteiger partial charge >= 0.3 is 6.09 Å². The lowest BCUT2D eigenvalue weighted by Gasteiger charge is -2.39. The van der Waals surface area contributed by atoms with Crippen LogP contribution in [0.4, 0.5) is 20.8 Å². The Balaban J connectivity index is 1.44. The van der Waals surface area contributed by atoms with Crippen LogP contribution in [0.25, 0.3) is 5.82 Å². The van der Waals surface area contributed by atoms with E-state index in [1.807, 2.05) is 45.9 Å². The van der Waals surface area contributed by atoms with E-state index in [4.69, 9.17) is 9.47 Å². The van der Waals surface area contributed by atoms with E-state index in [-0.39, 0.29) is 24.0 Å². The number of aromatic nitrogens is 4. The standard InChI is InChI=1S/C23H27FN6O3/c1-5-15-8-16(27-21-26-11-19(24)20(28-21)29-7-6-25-14-29)10-17(9-15)32-18-12-30(13-18)22(31)33-23(2,3)4/h6-11,14,18H,5,12-13H2,1-4H3,(H,26,27,28). The fourth-order valence-corrected chi connectivity index (χ4v) is 3.30. The molecule has 4 rings (SSSR count). The van der Waals surface area contributed by atoms with Gasteiger partial charge < -0.3 is 19.7 Å². The quantitative estimate of drug-likeness (QED) is 0.599. The van der Waals surface area contributed by atoms with E-state index >= 15 is 0 Å². The van der Waals surface area contributed by atoms with Crippen LogP contribution >= 0.6 is 0 Å². The first-order valence-corrected chi connectivity index (χ1v) is 10.8. The minimum absolute atomic E-state index is 0.102. The van der Waals surface area contributed by atoms with Gasteiger partial charge in [-0.05, 0) is 44.9 Å². The predicted octanol–water partition coefficient (Wildman–Crippen LogP) is 4.11. The highest BCUT2D eigenvalue weighted by atomic mass is 19.1. The number of anilines is 2. The van der Waals surface area contributed by atoms with Crippen LogP contribution in [0.3, 0.4) is 0 Å². The van der Waals surface area contributed by atoms with Crippen molar-refractivity contribution in [2.45, 2.75) is 45.8 Å². The molecule has 0 atom stereocenters. The molecule has 0 spiro atoms. The second-order valence-corrected chi connectivity index (χ2v) is 8.80. The van der Waals surface area contributed by atoms with E-state index in [2.05, 4.69) is 20.3 Å². The second kappa shape index (κ2) is 9.05. The smallest absolute Gasteiger partial charge is 0.410 e. The summed E-state index contributed by atoms with van der Waals surface area (Å²) in [5.41, 5.74) is 1.24. The Kier molecular flexibility index (Phi) is 6.17. The number of likely N-dealkylation sites (tertiary alicyclic amines) is 1. The van der Waals surface area contributed by atoms with Gasteiger partial charge in [-0.2, -0.15) is 4.98 Å². The molecule has 0 saturated carbocycles. The summed E-state index contributed by atoms with van der Waals surface area (Å²) in [7, 11) is 0. The SMILES string of the molecule is CCc1cc(Nc2ncc(F)c(-n3ccnc3)n2)cc(OC2CN(C(=O)OC(C)(C)C)C2)c1. The summed E-state index contributed by atoms with van der Waals surface area (Å²) in [6, 6.07) is 5.76. The van der Waals surface area contributed by atoms with Crippen molar-refractivity contribution in [3.63, 3.8) is 0 Å². The molecular formula is C23H27FN6O3. The Morgan fingerprint density at radius 2 is 2.06 bits per heavy atom. The van der Waals surface area contributed by atoms with Crippen molar-refractivity contribution in [1.29, 1.82) is 0 Å². The van der Waals surface area contributed by atoms with Gasteiger partial charge in [-0.15, -0.1) is 0 Å². The molecule has 33 heavy (non-hydrogen) atoms. The van der Waals surface area contributed by atoms with E-state index < -0.39 is 11.4 Å². The Labute approximate surface area is 191 Å². The normalized spacial score (nSPS) is 14.0. The monoisotopic (exact) mass is 454 g/mol. The molecule has 0 unspecified atom stereocenters. The highest BCUT2D eigenvalue weighted by Crippen LogP contribution is 2.27. The maximum absolute atomic E-state index is 14.2.